The Hall–Kier alpha value is -2.66. The number of rotatable bonds is 5. The topological polar surface area (TPSA) is 66.8 Å². The highest BCUT2D eigenvalue weighted by atomic mass is 32.2. The van der Waals surface area contributed by atoms with Gasteiger partial charge >= 0.3 is 6.18 Å². The molecule has 1 atom stereocenters. The molecule has 5 nitrogen and oxygen atoms in total. The molecule has 1 fully saturated rings. The molecule has 0 aliphatic carbocycles. The van der Waals surface area contributed by atoms with Gasteiger partial charge in [-0.05, 0) is 66.1 Å². The summed E-state index contributed by atoms with van der Waals surface area (Å²) in [5.74, 6) is -1.55. The number of thiophene rings is 1. The SMILES string of the molecule is O=S(=O)(c1ccc(Cc2ccc3c(c2)C(C(F)(F)F)C=CO3)cc1)N1CCC(O)(c2cccs2)CC1. The molecule has 2 aliphatic rings. The first-order valence-electron chi connectivity index (χ1n) is 11.4. The first-order valence-corrected chi connectivity index (χ1v) is 13.8. The molecule has 36 heavy (non-hydrogen) atoms. The van der Waals surface area contributed by atoms with E-state index in [9.17, 15) is 26.7 Å². The number of allylic oxidation sites excluding steroid dienone is 1. The highest BCUT2D eigenvalue weighted by Crippen LogP contribution is 2.43. The highest BCUT2D eigenvalue weighted by molar-refractivity contribution is 7.89. The number of benzene rings is 2. The lowest BCUT2D eigenvalue weighted by Crippen LogP contribution is -2.44. The second kappa shape index (κ2) is 9.33. The molecule has 3 heterocycles. The first kappa shape index (κ1) is 25.0. The van der Waals surface area contributed by atoms with Crippen molar-refractivity contribution in [1.29, 1.82) is 0 Å². The third-order valence-electron chi connectivity index (χ3n) is 6.73. The summed E-state index contributed by atoms with van der Waals surface area (Å²) in [7, 11) is -3.73. The van der Waals surface area contributed by atoms with E-state index in [2.05, 4.69) is 0 Å². The van der Waals surface area contributed by atoms with Crippen molar-refractivity contribution in [2.45, 2.75) is 41.9 Å². The number of fused-ring (bicyclic) bond motifs is 1. The van der Waals surface area contributed by atoms with Crippen molar-refractivity contribution in [3.05, 3.63) is 93.9 Å². The van der Waals surface area contributed by atoms with Crippen LogP contribution in [0.5, 0.6) is 5.75 Å². The van der Waals surface area contributed by atoms with Crippen molar-refractivity contribution in [3.8, 4) is 5.75 Å². The quantitative estimate of drug-likeness (QED) is 0.464. The fourth-order valence-electron chi connectivity index (χ4n) is 4.69. The van der Waals surface area contributed by atoms with E-state index in [0.29, 0.717) is 24.8 Å². The lowest BCUT2D eigenvalue weighted by atomic mass is 9.91. The molecular weight excluding hydrogens is 511 g/mol. The lowest BCUT2D eigenvalue weighted by Gasteiger charge is -2.37. The molecule has 0 spiro atoms. The summed E-state index contributed by atoms with van der Waals surface area (Å²) in [4.78, 5) is 0.990. The van der Waals surface area contributed by atoms with Crippen LogP contribution in [-0.2, 0) is 22.0 Å². The fourth-order valence-corrected chi connectivity index (χ4v) is 7.01. The molecule has 5 rings (SSSR count). The van der Waals surface area contributed by atoms with E-state index in [1.807, 2.05) is 17.5 Å². The van der Waals surface area contributed by atoms with Gasteiger partial charge in [-0.1, -0.05) is 30.3 Å². The number of nitrogens with zero attached hydrogens (tertiary/aromatic N) is 1. The van der Waals surface area contributed by atoms with Gasteiger partial charge in [-0.15, -0.1) is 11.3 Å². The van der Waals surface area contributed by atoms with E-state index < -0.39 is 27.7 Å². The minimum atomic E-state index is -4.42. The van der Waals surface area contributed by atoms with E-state index in [4.69, 9.17) is 4.74 Å². The zero-order chi connectivity index (χ0) is 25.6. The van der Waals surface area contributed by atoms with Crippen molar-refractivity contribution < 1.29 is 31.4 Å². The van der Waals surface area contributed by atoms with Gasteiger partial charge in [0.1, 0.15) is 17.3 Å². The number of alkyl halides is 3. The molecule has 1 unspecified atom stereocenters. The standard InChI is InChI=1S/C26H24F3NO4S2/c27-26(28,29)22-9-14-34-23-8-5-19(17-21(22)23)16-18-3-6-20(7-4-18)36(32,33)30-12-10-25(31,11-13-30)24-2-1-15-35-24/h1-9,14-15,17,22,31H,10-13,16H2. The van der Waals surface area contributed by atoms with Crippen LogP contribution in [0.25, 0.3) is 0 Å². The summed E-state index contributed by atoms with van der Waals surface area (Å²) in [6.45, 7) is 0.426. The predicted molar refractivity (Wildman–Crippen MR) is 130 cm³/mol. The van der Waals surface area contributed by atoms with Gasteiger partial charge in [-0.25, -0.2) is 8.42 Å². The molecule has 0 radical (unpaired) electrons. The van der Waals surface area contributed by atoms with E-state index in [1.54, 1.807) is 18.2 Å². The van der Waals surface area contributed by atoms with Crippen LogP contribution in [0.4, 0.5) is 13.2 Å². The van der Waals surface area contributed by atoms with Crippen LogP contribution < -0.4 is 4.74 Å². The van der Waals surface area contributed by atoms with Gasteiger partial charge in [-0.2, -0.15) is 17.5 Å². The van der Waals surface area contributed by atoms with Crippen LogP contribution in [0, 0.1) is 0 Å². The summed E-state index contributed by atoms with van der Waals surface area (Å²) >= 11 is 1.46. The van der Waals surface area contributed by atoms with E-state index in [1.165, 1.54) is 39.9 Å². The smallest absolute Gasteiger partial charge is 0.399 e. The average Bonchev–Trinajstić information content (AvgIpc) is 3.40. The number of hydrogen-bond donors (Lipinski definition) is 1. The maximum atomic E-state index is 13.4. The monoisotopic (exact) mass is 535 g/mol. The van der Waals surface area contributed by atoms with Gasteiger partial charge in [0.05, 0.1) is 11.2 Å². The Morgan fingerprint density at radius 1 is 1.06 bits per heavy atom. The molecule has 1 aromatic heterocycles. The number of halogens is 3. The summed E-state index contributed by atoms with van der Waals surface area (Å²) in [6, 6.07) is 14.9. The zero-order valence-electron chi connectivity index (χ0n) is 19.1. The lowest BCUT2D eigenvalue weighted by molar-refractivity contribution is -0.140. The second-order valence-corrected chi connectivity index (χ2v) is 12.0. The van der Waals surface area contributed by atoms with Gasteiger partial charge in [0.15, 0.2) is 0 Å². The fraction of sp³-hybridized carbons (Fsp3) is 0.308. The molecule has 190 valence electrons. The first-order chi connectivity index (χ1) is 17.1. The van der Waals surface area contributed by atoms with Crippen LogP contribution in [0.2, 0.25) is 0 Å². The summed E-state index contributed by atoms with van der Waals surface area (Å²) in [5, 5.41) is 12.8. The Morgan fingerprint density at radius 2 is 1.75 bits per heavy atom. The summed E-state index contributed by atoms with van der Waals surface area (Å²) in [6.07, 6.45) is -1.38. The van der Waals surface area contributed by atoms with Gasteiger partial charge in [-0.3, -0.25) is 0 Å². The minimum absolute atomic E-state index is 0.0642. The largest absolute Gasteiger partial charge is 0.465 e. The molecule has 10 heteroatoms. The van der Waals surface area contributed by atoms with Crippen molar-refractivity contribution >= 4 is 21.4 Å². The highest BCUT2D eigenvalue weighted by Gasteiger charge is 2.42. The Bertz CT molecular complexity index is 1360. The number of hydrogen-bond acceptors (Lipinski definition) is 5. The third kappa shape index (κ3) is 4.82. The minimum Gasteiger partial charge on any atom is -0.465 e. The average molecular weight is 536 g/mol. The number of ether oxygens (including phenoxy) is 1. The molecule has 0 amide bonds. The van der Waals surface area contributed by atoms with E-state index in [-0.39, 0.29) is 29.3 Å². The van der Waals surface area contributed by atoms with Crippen LogP contribution in [0.15, 0.2) is 77.2 Å². The zero-order valence-corrected chi connectivity index (χ0v) is 20.7. The molecule has 2 aliphatic heterocycles. The summed E-state index contributed by atoms with van der Waals surface area (Å²) < 4.78 is 73.2. The second-order valence-electron chi connectivity index (χ2n) is 9.07. The van der Waals surface area contributed by atoms with E-state index in [0.717, 1.165) is 22.8 Å². The number of sulfonamides is 1. The predicted octanol–water partition coefficient (Wildman–Crippen LogP) is 5.56. The Kier molecular flexibility index (Phi) is 6.48. The van der Waals surface area contributed by atoms with Crippen molar-refractivity contribution in [2.75, 3.05) is 13.1 Å². The maximum Gasteiger partial charge on any atom is 0.399 e. The Balaban J connectivity index is 1.28. The van der Waals surface area contributed by atoms with Crippen molar-refractivity contribution in [2.24, 2.45) is 0 Å². The number of piperidine rings is 1. The van der Waals surface area contributed by atoms with Gasteiger partial charge in [0, 0.05) is 23.5 Å². The Labute approximate surface area is 211 Å². The van der Waals surface area contributed by atoms with Crippen LogP contribution in [0.1, 0.15) is 40.3 Å². The molecule has 2 aromatic carbocycles. The molecule has 3 aromatic rings. The Morgan fingerprint density at radius 3 is 2.39 bits per heavy atom. The molecule has 1 N–H and O–H groups in total. The van der Waals surface area contributed by atoms with Crippen molar-refractivity contribution in [1.82, 2.24) is 4.31 Å². The van der Waals surface area contributed by atoms with Crippen LogP contribution in [-0.4, -0.2) is 37.1 Å². The van der Waals surface area contributed by atoms with E-state index >= 15 is 0 Å². The third-order valence-corrected chi connectivity index (χ3v) is 9.70. The van der Waals surface area contributed by atoms with Crippen LogP contribution >= 0.6 is 11.3 Å². The van der Waals surface area contributed by atoms with Crippen LogP contribution in [0.3, 0.4) is 0 Å². The summed E-state index contributed by atoms with van der Waals surface area (Å²) in [5.41, 5.74) is 0.497. The normalized spacial score (nSPS) is 20.1. The van der Waals surface area contributed by atoms with Crippen molar-refractivity contribution in [3.63, 3.8) is 0 Å². The molecular formula is C26H24F3NO4S2. The van der Waals surface area contributed by atoms with Gasteiger partial charge < -0.3 is 9.84 Å². The maximum absolute atomic E-state index is 13.4. The van der Waals surface area contributed by atoms with Gasteiger partial charge in [0.2, 0.25) is 10.0 Å². The molecule has 0 bridgehead atoms. The number of aliphatic hydroxyl groups is 1. The molecule has 1 saturated heterocycles. The van der Waals surface area contributed by atoms with Gasteiger partial charge in [0.25, 0.3) is 0 Å². The molecule has 0 saturated carbocycles.